The first-order chi connectivity index (χ1) is 24.4. The highest BCUT2D eigenvalue weighted by Crippen LogP contribution is 2.24. The number of carbonyl (C=O) groups excluding carboxylic acids is 5. The fourth-order valence-electron chi connectivity index (χ4n) is 6.45. The van der Waals surface area contributed by atoms with Gasteiger partial charge in [-0.05, 0) is 68.1 Å². The van der Waals surface area contributed by atoms with Crippen molar-refractivity contribution in [2.75, 3.05) is 20.7 Å². The molecule has 1 aliphatic heterocycles. The molecule has 0 bridgehead atoms. The van der Waals surface area contributed by atoms with Crippen LogP contribution in [-0.2, 0) is 35.1 Å². The monoisotopic (exact) mass is 731 g/mol. The van der Waals surface area contributed by atoms with Crippen molar-refractivity contribution < 1.29 is 38.6 Å². The average Bonchev–Trinajstić information content (AvgIpc) is 3.60. The highest BCUT2D eigenvalue weighted by Gasteiger charge is 2.41. The minimum absolute atomic E-state index is 0.0830. The molecule has 0 saturated carbocycles. The van der Waals surface area contributed by atoms with Crippen LogP contribution in [0.3, 0.4) is 0 Å². The molecule has 1 saturated heterocycles. The number of nitrogens with zero attached hydrogens (tertiary/aromatic N) is 2. The fourth-order valence-corrected chi connectivity index (χ4v) is 6.45. The van der Waals surface area contributed by atoms with E-state index in [1.54, 1.807) is 31.4 Å². The molecule has 1 fully saturated rings. The molecular formula is C39H65N5O8. The first-order valence-corrected chi connectivity index (χ1v) is 18.8. The summed E-state index contributed by atoms with van der Waals surface area (Å²) in [6.07, 6.45) is 0.985. The number of ether oxygens (including phenoxy) is 2. The summed E-state index contributed by atoms with van der Waals surface area (Å²) < 4.78 is 11.1. The predicted molar refractivity (Wildman–Crippen MR) is 200 cm³/mol. The van der Waals surface area contributed by atoms with Crippen molar-refractivity contribution in [2.45, 2.75) is 142 Å². The number of likely N-dealkylation sites (N-methyl/N-ethyl adjacent to an activating group) is 1. The van der Waals surface area contributed by atoms with E-state index in [0.717, 1.165) is 5.56 Å². The highest BCUT2D eigenvalue weighted by atomic mass is 16.5. The average molecular weight is 732 g/mol. The van der Waals surface area contributed by atoms with Gasteiger partial charge < -0.3 is 41.2 Å². The summed E-state index contributed by atoms with van der Waals surface area (Å²) in [5.74, 6) is -1.21. The molecule has 8 atom stereocenters. The fraction of sp³-hybridized carbons (Fsp3) is 0.718. The SMILES string of the molecule is CC[C@H](C)[C@@H](NC(=O)[C@@H](N)[C@@H](C)OC(=O)[C@H](Cc1ccc(OC)cc1)N(C)C(=O)[C@@H]1CCCN1C(=O)C(N)CC(C)C)[C@@H](O)CC(=O)CCC(C)C. The van der Waals surface area contributed by atoms with Crippen LogP contribution in [0.15, 0.2) is 24.3 Å². The second kappa shape index (κ2) is 21.2. The quantitative estimate of drug-likeness (QED) is 0.137. The van der Waals surface area contributed by atoms with Gasteiger partial charge in [-0.25, -0.2) is 4.79 Å². The number of amides is 3. The number of hydrogen-bond donors (Lipinski definition) is 4. The first kappa shape index (κ1) is 44.6. The van der Waals surface area contributed by atoms with Crippen LogP contribution >= 0.6 is 0 Å². The van der Waals surface area contributed by atoms with E-state index in [4.69, 9.17) is 20.9 Å². The van der Waals surface area contributed by atoms with Crippen molar-refractivity contribution in [3.8, 4) is 5.75 Å². The van der Waals surface area contributed by atoms with Crippen LogP contribution in [0.25, 0.3) is 0 Å². The van der Waals surface area contributed by atoms with Crippen molar-refractivity contribution in [3.05, 3.63) is 29.8 Å². The minimum Gasteiger partial charge on any atom is -0.497 e. The number of aliphatic hydroxyl groups is 1. The van der Waals surface area contributed by atoms with Gasteiger partial charge in [0.15, 0.2) is 0 Å². The molecule has 1 aromatic rings. The maximum absolute atomic E-state index is 14.0. The molecule has 13 heteroatoms. The van der Waals surface area contributed by atoms with E-state index in [9.17, 15) is 29.1 Å². The number of aliphatic hydroxyl groups excluding tert-OH is 1. The Balaban J connectivity index is 2.25. The Morgan fingerprint density at radius 3 is 2.21 bits per heavy atom. The number of nitrogens with two attached hydrogens (primary N) is 2. The molecule has 1 unspecified atom stereocenters. The number of likely N-dealkylation sites (tertiary alicyclic amines) is 1. The van der Waals surface area contributed by atoms with E-state index < -0.39 is 60.2 Å². The van der Waals surface area contributed by atoms with Gasteiger partial charge in [0.05, 0.1) is 25.3 Å². The van der Waals surface area contributed by atoms with Crippen molar-refractivity contribution in [3.63, 3.8) is 0 Å². The van der Waals surface area contributed by atoms with E-state index in [1.807, 2.05) is 41.5 Å². The van der Waals surface area contributed by atoms with E-state index in [1.165, 1.54) is 23.8 Å². The number of nitrogens with one attached hydrogen (secondary N) is 1. The lowest BCUT2D eigenvalue weighted by atomic mass is 9.90. The van der Waals surface area contributed by atoms with Crippen LogP contribution in [0.1, 0.15) is 99.0 Å². The lowest BCUT2D eigenvalue weighted by Gasteiger charge is -2.34. The topological polar surface area (TPSA) is 195 Å². The molecule has 1 aromatic carbocycles. The molecule has 294 valence electrons. The van der Waals surface area contributed by atoms with Crippen molar-refractivity contribution in [1.82, 2.24) is 15.1 Å². The maximum Gasteiger partial charge on any atom is 0.329 e. The Labute approximate surface area is 310 Å². The van der Waals surface area contributed by atoms with Gasteiger partial charge in [-0.1, -0.05) is 60.1 Å². The molecule has 13 nitrogen and oxygen atoms in total. The zero-order chi connectivity index (χ0) is 39.3. The number of esters is 1. The number of methoxy groups -OCH3 is 1. The highest BCUT2D eigenvalue weighted by molar-refractivity contribution is 5.92. The third-order valence-electron chi connectivity index (χ3n) is 10.1. The summed E-state index contributed by atoms with van der Waals surface area (Å²) in [4.78, 5) is 70.0. The van der Waals surface area contributed by atoms with Gasteiger partial charge in [-0.2, -0.15) is 0 Å². The molecular weight excluding hydrogens is 666 g/mol. The van der Waals surface area contributed by atoms with Crippen molar-refractivity contribution >= 4 is 29.5 Å². The zero-order valence-electron chi connectivity index (χ0n) is 32.8. The molecule has 3 amide bonds. The predicted octanol–water partition coefficient (Wildman–Crippen LogP) is 2.98. The van der Waals surface area contributed by atoms with Gasteiger partial charge in [0.25, 0.3) is 0 Å². The van der Waals surface area contributed by atoms with E-state index >= 15 is 0 Å². The Hall–Kier alpha value is -3.55. The Kier molecular flexibility index (Phi) is 18.2. The zero-order valence-corrected chi connectivity index (χ0v) is 32.8. The molecule has 0 aliphatic carbocycles. The molecule has 1 aliphatic rings. The number of ketones is 1. The normalized spacial score (nSPS) is 18.6. The second-order valence-corrected chi connectivity index (χ2v) is 15.3. The summed E-state index contributed by atoms with van der Waals surface area (Å²) >= 11 is 0. The summed E-state index contributed by atoms with van der Waals surface area (Å²) in [7, 11) is 3.05. The van der Waals surface area contributed by atoms with Crippen LogP contribution in [0.4, 0.5) is 0 Å². The second-order valence-electron chi connectivity index (χ2n) is 15.3. The van der Waals surface area contributed by atoms with Gasteiger partial charge in [-0.15, -0.1) is 0 Å². The number of benzene rings is 1. The number of Topliss-reactive ketones (excluding diaryl/α,β-unsaturated/α-hetero) is 1. The molecule has 2 rings (SSSR count). The van der Waals surface area contributed by atoms with Gasteiger partial charge >= 0.3 is 5.97 Å². The van der Waals surface area contributed by atoms with Crippen LogP contribution < -0.4 is 21.5 Å². The number of rotatable bonds is 21. The van der Waals surface area contributed by atoms with Gasteiger partial charge in [0.2, 0.25) is 17.7 Å². The number of carbonyl (C=O) groups is 5. The standard InChI is InChI=1S/C39H65N5O8/c1-10-25(6)35(33(46)22-28(45)16-13-23(2)3)42-36(47)34(41)26(7)52-39(50)32(21-27-14-17-29(51-9)18-15-27)43(8)38(49)31-12-11-19-44(31)37(48)30(40)20-24(4)5/h14-15,17-18,23-26,30-35,46H,10-13,16,19-22,40-41H2,1-9H3,(H,42,47)/t25-,26+,30?,31-,32-,33-,34-,35+/m0/s1. The minimum atomic E-state index is -1.31. The van der Waals surface area contributed by atoms with Crippen LogP contribution in [-0.4, -0.2) is 107 Å². The smallest absolute Gasteiger partial charge is 0.329 e. The van der Waals surface area contributed by atoms with E-state index in [-0.39, 0.29) is 36.4 Å². The van der Waals surface area contributed by atoms with E-state index in [2.05, 4.69) is 5.32 Å². The maximum atomic E-state index is 14.0. The molecule has 0 radical (unpaired) electrons. The number of hydrogen-bond acceptors (Lipinski definition) is 10. The molecule has 0 aromatic heterocycles. The Morgan fingerprint density at radius 1 is 1.02 bits per heavy atom. The van der Waals surface area contributed by atoms with Crippen LogP contribution in [0.2, 0.25) is 0 Å². The van der Waals surface area contributed by atoms with E-state index in [0.29, 0.717) is 56.7 Å². The van der Waals surface area contributed by atoms with Crippen molar-refractivity contribution in [1.29, 1.82) is 0 Å². The van der Waals surface area contributed by atoms with Crippen LogP contribution in [0, 0.1) is 17.8 Å². The third kappa shape index (κ3) is 13.1. The molecule has 6 N–H and O–H groups in total. The summed E-state index contributed by atoms with van der Waals surface area (Å²) in [5.41, 5.74) is 13.3. The summed E-state index contributed by atoms with van der Waals surface area (Å²) in [6, 6.07) is 2.36. The largest absolute Gasteiger partial charge is 0.497 e. The third-order valence-corrected chi connectivity index (χ3v) is 10.1. The lowest BCUT2D eigenvalue weighted by molar-refractivity contribution is -0.161. The first-order valence-electron chi connectivity index (χ1n) is 18.8. The Bertz CT molecular complexity index is 1320. The summed E-state index contributed by atoms with van der Waals surface area (Å²) in [6.45, 7) is 13.7. The van der Waals surface area contributed by atoms with Gasteiger partial charge in [0.1, 0.15) is 35.8 Å². The Morgan fingerprint density at radius 2 is 1.65 bits per heavy atom. The molecule has 1 heterocycles. The lowest BCUT2D eigenvalue weighted by Crippen LogP contribution is -2.57. The molecule has 52 heavy (non-hydrogen) atoms. The summed E-state index contributed by atoms with van der Waals surface area (Å²) in [5, 5.41) is 13.8. The van der Waals surface area contributed by atoms with Gasteiger partial charge in [-0.3, -0.25) is 19.2 Å². The van der Waals surface area contributed by atoms with Crippen molar-refractivity contribution in [2.24, 2.45) is 29.2 Å². The van der Waals surface area contributed by atoms with Crippen LogP contribution in [0.5, 0.6) is 5.75 Å². The molecule has 0 spiro atoms. The van der Waals surface area contributed by atoms with Gasteiger partial charge in [0, 0.05) is 32.9 Å².